The summed E-state index contributed by atoms with van der Waals surface area (Å²) in [4.78, 5) is 16.1. The van der Waals surface area contributed by atoms with Gasteiger partial charge in [-0.15, -0.1) is 11.3 Å². The van der Waals surface area contributed by atoms with Gasteiger partial charge in [0.25, 0.3) is 0 Å². The average molecular weight is 490 g/mol. The van der Waals surface area contributed by atoms with Gasteiger partial charge >= 0.3 is 6.18 Å². The standard InChI is InChI=1S/C21H26F3N3O3S2/c1-15-14-31-19(26-15)8-4-5-11-25-20(28)16-9-12-27(13-10-16)32(29,30)18-7-3-2-6-17(18)21(22,23)24/h2-3,6-7,14,16H,4-5,8-13H2,1H3,(H,25,28). The van der Waals surface area contributed by atoms with E-state index in [-0.39, 0.29) is 37.8 Å². The Morgan fingerprint density at radius 1 is 1.22 bits per heavy atom. The molecule has 1 N–H and O–H groups in total. The molecule has 176 valence electrons. The van der Waals surface area contributed by atoms with Crippen molar-refractivity contribution in [3.8, 4) is 0 Å². The van der Waals surface area contributed by atoms with Crippen molar-refractivity contribution in [3.05, 3.63) is 45.9 Å². The first kappa shape index (κ1) is 24.7. The van der Waals surface area contributed by atoms with Crippen LogP contribution in [0.3, 0.4) is 0 Å². The maximum atomic E-state index is 13.2. The normalized spacial score (nSPS) is 16.2. The van der Waals surface area contributed by atoms with Gasteiger partial charge < -0.3 is 5.32 Å². The van der Waals surface area contributed by atoms with Crippen molar-refractivity contribution in [1.82, 2.24) is 14.6 Å². The number of unbranched alkanes of at least 4 members (excludes halogenated alkanes) is 1. The third-order valence-corrected chi connectivity index (χ3v) is 8.40. The minimum atomic E-state index is -4.76. The Morgan fingerprint density at radius 2 is 1.91 bits per heavy atom. The molecule has 1 aliphatic rings. The lowest BCUT2D eigenvalue weighted by Gasteiger charge is -2.31. The number of carbonyl (C=O) groups excluding carboxylic acids is 1. The maximum absolute atomic E-state index is 13.2. The highest BCUT2D eigenvalue weighted by Gasteiger charge is 2.40. The van der Waals surface area contributed by atoms with Crippen molar-refractivity contribution in [1.29, 1.82) is 0 Å². The lowest BCUT2D eigenvalue weighted by molar-refractivity contribution is -0.139. The molecule has 6 nitrogen and oxygen atoms in total. The number of rotatable bonds is 8. The Kier molecular flexibility index (Phi) is 7.94. The van der Waals surface area contributed by atoms with Crippen molar-refractivity contribution in [3.63, 3.8) is 0 Å². The summed E-state index contributed by atoms with van der Waals surface area (Å²) in [5.41, 5.74) is -0.165. The molecule has 2 heterocycles. The van der Waals surface area contributed by atoms with Crippen molar-refractivity contribution in [2.75, 3.05) is 19.6 Å². The molecule has 1 aromatic heterocycles. The molecule has 3 rings (SSSR count). The quantitative estimate of drug-likeness (QED) is 0.569. The number of nitrogens with one attached hydrogen (secondary N) is 1. The average Bonchev–Trinajstić information content (AvgIpc) is 3.18. The smallest absolute Gasteiger partial charge is 0.356 e. The van der Waals surface area contributed by atoms with Gasteiger partial charge in [0.15, 0.2) is 0 Å². The van der Waals surface area contributed by atoms with Crippen molar-refractivity contribution in [2.45, 2.75) is 50.1 Å². The molecule has 11 heteroatoms. The van der Waals surface area contributed by atoms with Crippen LogP contribution in [0.1, 0.15) is 41.9 Å². The zero-order valence-electron chi connectivity index (χ0n) is 17.7. The van der Waals surface area contributed by atoms with Crippen LogP contribution >= 0.6 is 11.3 Å². The number of carbonyl (C=O) groups is 1. The molecule has 32 heavy (non-hydrogen) atoms. The first-order valence-electron chi connectivity index (χ1n) is 10.4. The second kappa shape index (κ2) is 10.3. The number of amides is 1. The summed E-state index contributed by atoms with van der Waals surface area (Å²) < 4.78 is 66.4. The molecule has 1 aromatic carbocycles. The van der Waals surface area contributed by atoms with Crippen LogP contribution in [0.5, 0.6) is 0 Å². The number of aryl methyl sites for hydroxylation is 2. The number of alkyl halides is 3. The summed E-state index contributed by atoms with van der Waals surface area (Å²) in [6.07, 6.45) is -1.63. The van der Waals surface area contributed by atoms with E-state index in [2.05, 4.69) is 10.3 Å². The highest BCUT2D eigenvalue weighted by Crippen LogP contribution is 2.36. The van der Waals surface area contributed by atoms with Crippen LogP contribution in [0, 0.1) is 12.8 Å². The van der Waals surface area contributed by atoms with Gasteiger partial charge in [-0.25, -0.2) is 13.4 Å². The van der Waals surface area contributed by atoms with Crippen LogP contribution in [-0.4, -0.2) is 43.2 Å². The molecule has 0 radical (unpaired) electrons. The summed E-state index contributed by atoms with van der Waals surface area (Å²) in [7, 11) is -4.30. The van der Waals surface area contributed by atoms with Crippen LogP contribution in [-0.2, 0) is 27.4 Å². The minimum Gasteiger partial charge on any atom is -0.356 e. The van der Waals surface area contributed by atoms with Gasteiger partial charge in [-0.05, 0) is 51.2 Å². The Morgan fingerprint density at radius 3 is 2.53 bits per heavy atom. The SMILES string of the molecule is Cc1csc(CCCCNC(=O)C2CCN(S(=O)(=O)c3ccccc3C(F)(F)F)CC2)n1. The molecule has 1 aliphatic heterocycles. The van der Waals surface area contributed by atoms with Gasteiger partial charge in [0.05, 0.1) is 15.5 Å². The van der Waals surface area contributed by atoms with E-state index in [1.165, 1.54) is 6.07 Å². The molecule has 0 spiro atoms. The second-order valence-corrected chi connectivity index (χ2v) is 10.7. The van der Waals surface area contributed by atoms with Crippen molar-refractivity contribution < 1.29 is 26.4 Å². The topological polar surface area (TPSA) is 79.4 Å². The van der Waals surface area contributed by atoms with E-state index in [0.717, 1.165) is 52.5 Å². The number of nitrogens with zero attached hydrogens (tertiary/aromatic N) is 2. The highest BCUT2D eigenvalue weighted by atomic mass is 32.2. The maximum Gasteiger partial charge on any atom is 0.417 e. The van der Waals surface area contributed by atoms with Crippen LogP contribution < -0.4 is 5.32 Å². The molecular weight excluding hydrogens is 463 g/mol. The molecular formula is C21H26F3N3O3S2. The van der Waals surface area contributed by atoms with Crippen LogP contribution in [0.15, 0.2) is 34.5 Å². The predicted octanol–water partition coefficient (Wildman–Crippen LogP) is 4.01. The van der Waals surface area contributed by atoms with Gasteiger partial charge in [-0.3, -0.25) is 4.79 Å². The number of benzene rings is 1. The zero-order valence-corrected chi connectivity index (χ0v) is 19.3. The summed E-state index contributed by atoms with van der Waals surface area (Å²) in [5.74, 6) is -0.483. The lowest BCUT2D eigenvalue weighted by atomic mass is 9.97. The highest BCUT2D eigenvalue weighted by molar-refractivity contribution is 7.89. The lowest BCUT2D eigenvalue weighted by Crippen LogP contribution is -2.43. The van der Waals surface area contributed by atoms with Crippen LogP contribution in [0.25, 0.3) is 0 Å². The summed E-state index contributed by atoms with van der Waals surface area (Å²) in [6, 6.07) is 4.18. The monoisotopic (exact) mass is 489 g/mol. The number of halogens is 3. The van der Waals surface area contributed by atoms with Gasteiger partial charge in [-0.2, -0.15) is 17.5 Å². The molecule has 0 unspecified atom stereocenters. The number of aromatic nitrogens is 1. The molecule has 0 aliphatic carbocycles. The van der Waals surface area contributed by atoms with Gasteiger partial charge in [0.1, 0.15) is 0 Å². The van der Waals surface area contributed by atoms with Gasteiger partial charge in [0, 0.05) is 36.6 Å². The summed E-state index contributed by atoms with van der Waals surface area (Å²) in [6.45, 7) is 2.50. The predicted molar refractivity (Wildman–Crippen MR) is 116 cm³/mol. The third kappa shape index (κ3) is 6.08. The fraction of sp³-hybridized carbons (Fsp3) is 0.524. The van der Waals surface area contributed by atoms with E-state index in [4.69, 9.17) is 0 Å². The van der Waals surface area contributed by atoms with Crippen LogP contribution in [0.2, 0.25) is 0 Å². The Balaban J connectivity index is 1.47. The summed E-state index contributed by atoms with van der Waals surface area (Å²) in [5, 5.41) is 5.97. The van der Waals surface area contributed by atoms with Crippen LogP contribution in [0.4, 0.5) is 13.2 Å². The summed E-state index contributed by atoms with van der Waals surface area (Å²) >= 11 is 1.62. The largest absolute Gasteiger partial charge is 0.417 e. The Bertz CT molecular complexity index is 1030. The molecule has 0 saturated carbocycles. The number of piperidine rings is 1. The third-order valence-electron chi connectivity index (χ3n) is 5.42. The van der Waals surface area contributed by atoms with Crippen molar-refractivity contribution in [2.24, 2.45) is 5.92 Å². The van der Waals surface area contributed by atoms with E-state index >= 15 is 0 Å². The first-order valence-corrected chi connectivity index (χ1v) is 12.8. The Hall–Kier alpha value is -1.98. The fourth-order valence-corrected chi connectivity index (χ4v) is 6.20. The molecule has 0 atom stereocenters. The zero-order chi connectivity index (χ0) is 23.4. The van der Waals surface area contributed by atoms with E-state index < -0.39 is 26.7 Å². The molecule has 1 fully saturated rings. The molecule has 1 amide bonds. The molecule has 1 saturated heterocycles. The van der Waals surface area contributed by atoms with Crippen molar-refractivity contribution >= 4 is 27.3 Å². The Labute approximate surface area is 189 Å². The first-order chi connectivity index (χ1) is 15.1. The second-order valence-electron chi connectivity index (χ2n) is 7.80. The molecule has 2 aromatic rings. The van der Waals surface area contributed by atoms with Gasteiger partial charge in [0.2, 0.25) is 15.9 Å². The van der Waals surface area contributed by atoms with E-state index in [1.54, 1.807) is 11.3 Å². The number of hydrogen-bond donors (Lipinski definition) is 1. The van der Waals surface area contributed by atoms with E-state index in [9.17, 15) is 26.4 Å². The number of hydrogen-bond acceptors (Lipinski definition) is 5. The van der Waals surface area contributed by atoms with E-state index in [1.807, 2.05) is 12.3 Å². The minimum absolute atomic E-state index is 0.00993. The number of sulfonamides is 1. The van der Waals surface area contributed by atoms with Gasteiger partial charge in [-0.1, -0.05) is 12.1 Å². The molecule has 0 bridgehead atoms. The van der Waals surface area contributed by atoms with E-state index in [0.29, 0.717) is 6.54 Å². The number of thiazole rings is 1. The fourth-order valence-electron chi connectivity index (χ4n) is 3.70.